The Labute approximate surface area is 161 Å². The average molecular weight is 375 g/mol. The molecule has 0 unspecified atom stereocenters. The fraction of sp³-hybridized carbons (Fsp3) is 0.0909. The van der Waals surface area contributed by atoms with Crippen LogP contribution in [-0.2, 0) is 0 Å². The summed E-state index contributed by atoms with van der Waals surface area (Å²) in [4.78, 5) is 0. The molecule has 0 fully saturated rings. The molecule has 0 aliphatic rings. The van der Waals surface area contributed by atoms with Crippen molar-refractivity contribution in [3.63, 3.8) is 0 Å². The number of nitrogens with zero attached hydrogens (tertiary/aromatic N) is 2. The first kappa shape index (κ1) is 17.7. The lowest BCUT2D eigenvalue weighted by Crippen LogP contribution is -2.13. The molecule has 140 valence electrons. The highest BCUT2D eigenvalue weighted by molar-refractivity contribution is 5.53. The minimum atomic E-state index is -0.447. The van der Waals surface area contributed by atoms with Gasteiger partial charge in [-0.2, -0.15) is 0 Å². The van der Waals surface area contributed by atoms with Crippen LogP contribution in [-0.4, -0.2) is 17.3 Å². The summed E-state index contributed by atoms with van der Waals surface area (Å²) in [6, 6.07) is 22.8. The lowest BCUT2D eigenvalue weighted by atomic mass is 10.1. The van der Waals surface area contributed by atoms with Crippen LogP contribution in [0.15, 0.2) is 83.3 Å². The molecule has 4 rings (SSSR count). The minimum Gasteiger partial charge on any atom is -0.497 e. The number of benzene rings is 3. The Hall–Kier alpha value is -3.67. The predicted octanol–water partition coefficient (Wildman–Crippen LogP) is 5.09. The lowest BCUT2D eigenvalue weighted by Gasteiger charge is -2.17. The van der Waals surface area contributed by atoms with E-state index in [2.05, 4.69) is 15.5 Å². The van der Waals surface area contributed by atoms with Gasteiger partial charge in [-0.05, 0) is 42.0 Å². The molecule has 1 aromatic heterocycles. The van der Waals surface area contributed by atoms with E-state index < -0.39 is 6.04 Å². The second kappa shape index (κ2) is 7.92. The third-order valence-corrected chi connectivity index (χ3v) is 4.29. The van der Waals surface area contributed by atoms with Gasteiger partial charge in [0.25, 0.3) is 0 Å². The van der Waals surface area contributed by atoms with Gasteiger partial charge in [-0.3, -0.25) is 0 Å². The molecular weight excluding hydrogens is 357 g/mol. The molecule has 1 heterocycles. The first-order chi connectivity index (χ1) is 13.7. The number of hydrogen-bond acceptors (Lipinski definition) is 5. The van der Waals surface area contributed by atoms with Crippen molar-refractivity contribution in [3.8, 4) is 17.2 Å². The van der Waals surface area contributed by atoms with Crippen LogP contribution in [0.3, 0.4) is 0 Å². The van der Waals surface area contributed by atoms with Crippen LogP contribution in [0.25, 0.3) is 11.5 Å². The number of hydrogen-bond donors (Lipinski definition) is 1. The molecule has 0 saturated heterocycles. The largest absolute Gasteiger partial charge is 0.497 e. The van der Waals surface area contributed by atoms with Gasteiger partial charge in [-0.15, -0.1) is 10.2 Å². The Kier molecular flexibility index (Phi) is 5.01. The topological polar surface area (TPSA) is 60.2 Å². The maximum atomic E-state index is 13.4. The normalized spacial score (nSPS) is 11.8. The van der Waals surface area contributed by atoms with Crippen molar-refractivity contribution in [2.24, 2.45) is 0 Å². The molecule has 1 atom stereocenters. The monoisotopic (exact) mass is 375 g/mol. The molecule has 0 saturated carbocycles. The third-order valence-electron chi connectivity index (χ3n) is 4.29. The van der Waals surface area contributed by atoms with Crippen LogP contribution in [0, 0.1) is 5.82 Å². The van der Waals surface area contributed by atoms with Gasteiger partial charge in [0.15, 0.2) is 0 Å². The minimum absolute atomic E-state index is 0.306. The Balaban J connectivity index is 1.70. The summed E-state index contributed by atoms with van der Waals surface area (Å²) in [6.07, 6.45) is 0. The predicted molar refractivity (Wildman–Crippen MR) is 105 cm³/mol. The summed E-state index contributed by atoms with van der Waals surface area (Å²) in [5, 5.41) is 11.8. The molecule has 0 spiro atoms. The first-order valence-corrected chi connectivity index (χ1v) is 8.78. The van der Waals surface area contributed by atoms with Crippen LogP contribution in [0.1, 0.15) is 17.5 Å². The SMILES string of the molecule is COc1cccc(N[C@@H](c2ccc(F)cc2)c2nnc(-c3ccccc3)o2)c1. The molecule has 28 heavy (non-hydrogen) atoms. The number of ether oxygens (including phenoxy) is 1. The van der Waals surface area contributed by atoms with E-state index in [1.165, 1.54) is 12.1 Å². The number of halogens is 1. The second-order valence-electron chi connectivity index (χ2n) is 6.17. The van der Waals surface area contributed by atoms with Gasteiger partial charge in [-0.25, -0.2) is 4.39 Å². The van der Waals surface area contributed by atoms with Gasteiger partial charge < -0.3 is 14.5 Å². The van der Waals surface area contributed by atoms with Crippen molar-refractivity contribution in [1.29, 1.82) is 0 Å². The molecule has 4 aromatic rings. The quantitative estimate of drug-likeness (QED) is 0.509. The molecule has 0 amide bonds. The molecule has 6 heteroatoms. The maximum absolute atomic E-state index is 13.4. The number of rotatable bonds is 6. The molecular formula is C22H18FN3O2. The summed E-state index contributed by atoms with van der Waals surface area (Å²) >= 11 is 0. The first-order valence-electron chi connectivity index (χ1n) is 8.78. The highest BCUT2D eigenvalue weighted by Gasteiger charge is 2.22. The molecule has 0 radical (unpaired) electrons. The number of aromatic nitrogens is 2. The summed E-state index contributed by atoms with van der Waals surface area (Å²) in [7, 11) is 1.61. The van der Waals surface area contributed by atoms with E-state index in [4.69, 9.17) is 9.15 Å². The molecule has 1 N–H and O–H groups in total. The van der Waals surface area contributed by atoms with E-state index >= 15 is 0 Å². The van der Waals surface area contributed by atoms with Gasteiger partial charge in [0.2, 0.25) is 11.8 Å². The van der Waals surface area contributed by atoms with E-state index in [9.17, 15) is 4.39 Å². The Bertz CT molecular complexity index is 1050. The third kappa shape index (κ3) is 3.86. The second-order valence-corrected chi connectivity index (χ2v) is 6.17. The van der Waals surface area contributed by atoms with Crippen molar-refractivity contribution in [2.75, 3.05) is 12.4 Å². The van der Waals surface area contributed by atoms with Gasteiger partial charge in [0.05, 0.1) is 7.11 Å². The van der Waals surface area contributed by atoms with Crippen molar-refractivity contribution in [3.05, 3.63) is 96.1 Å². The van der Waals surface area contributed by atoms with Crippen molar-refractivity contribution >= 4 is 5.69 Å². The fourth-order valence-electron chi connectivity index (χ4n) is 2.87. The molecule has 3 aromatic carbocycles. The lowest BCUT2D eigenvalue weighted by molar-refractivity contribution is 0.415. The molecule has 5 nitrogen and oxygen atoms in total. The number of nitrogens with one attached hydrogen (secondary N) is 1. The van der Waals surface area contributed by atoms with Crippen molar-refractivity contribution in [1.82, 2.24) is 10.2 Å². The van der Waals surface area contributed by atoms with E-state index in [-0.39, 0.29) is 5.82 Å². The number of anilines is 1. The standard InChI is InChI=1S/C22H18FN3O2/c1-27-19-9-5-8-18(14-19)24-20(15-10-12-17(23)13-11-15)22-26-25-21(28-22)16-6-3-2-4-7-16/h2-14,20,24H,1H3/t20-/m0/s1. The van der Waals surface area contributed by atoms with E-state index in [1.54, 1.807) is 19.2 Å². The van der Waals surface area contributed by atoms with Crippen molar-refractivity contribution in [2.45, 2.75) is 6.04 Å². The average Bonchev–Trinajstić information content (AvgIpc) is 3.23. The van der Waals surface area contributed by atoms with Gasteiger partial charge in [-0.1, -0.05) is 36.4 Å². The van der Waals surface area contributed by atoms with Gasteiger partial charge >= 0.3 is 0 Å². The van der Waals surface area contributed by atoms with Crippen LogP contribution in [0.2, 0.25) is 0 Å². The number of methoxy groups -OCH3 is 1. The zero-order chi connectivity index (χ0) is 19.3. The zero-order valence-electron chi connectivity index (χ0n) is 15.2. The van der Waals surface area contributed by atoms with Crippen LogP contribution in [0.5, 0.6) is 5.75 Å². The summed E-state index contributed by atoms with van der Waals surface area (Å²) < 4.78 is 24.6. The van der Waals surface area contributed by atoms with Gasteiger partial charge in [0.1, 0.15) is 17.6 Å². The van der Waals surface area contributed by atoms with Gasteiger partial charge in [0, 0.05) is 17.3 Å². The Morgan fingerprint density at radius 1 is 0.929 bits per heavy atom. The smallest absolute Gasteiger partial charge is 0.247 e. The van der Waals surface area contributed by atoms with E-state index in [1.807, 2.05) is 54.6 Å². The Morgan fingerprint density at radius 3 is 2.46 bits per heavy atom. The van der Waals surface area contributed by atoms with E-state index in [0.717, 1.165) is 22.6 Å². The van der Waals surface area contributed by atoms with Crippen molar-refractivity contribution < 1.29 is 13.5 Å². The highest BCUT2D eigenvalue weighted by Crippen LogP contribution is 2.29. The summed E-state index contributed by atoms with van der Waals surface area (Å²) in [5.74, 6) is 1.22. The van der Waals surface area contributed by atoms with E-state index in [0.29, 0.717) is 11.8 Å². The molecule has 0 aliphatic heterocycles. The van der Waals surface area contributed by atoms with Crippen LogP contribution in [0.4, 0.5) is 10.1 Å². The van der Waals surface area contributed by atoms with Crippen LogP contribution < -0.4 is 10.1 Å². The summed E-state index contributed by atoms with van der Waals surface area (Å²) in [5.41, 5.74) is 2.45. The Morgan fingerprint density at radius 2 is 1.71 bits per heavy atom. The maximum Gasteiger partial charge on any atom is 0.247 e. The highest BCUT2D eigenvalue weighted by atomic mass is 19.1. The molecule has 0 bridgehead atoms. The fourth-order valence-corrected chi connectivity index (χ4v) is 2.87. The molecule has 0 aliphatic carbocycles. The van der Waals surface area contributed by atoms with Crippen LogP contribution >= 0.6 is 0 Å². The summed E-state index contributed by atoms with van der Waals surface area (Å²) in [6.45, 7) is 0. The zero-order valence-corrected chi connectivity index (χ0v) is 15.2.